The van der Waals surface area contributed by atoms with Gasteiger partial charge in [-0.05, 0) is 44.2 Å². The normalized spacial score (nSPS) is 11.8. The molecule has 7 heteroatoms. The van der Waals surface area contributed by atoms with E-state index in [1.54, 1.807) is 0 Å². The number of carbonyl (C=O) groups excluding carboxylic acids is 1. The van der Waals surface area contributed by atoms with Crippen molar-refractivity contribution in [2.24, 2.45) is 0 Å². The lowest BCUT2D eigenvalue weighted by molar-refractivity contribution is 0.0955. The van der Waals surface area contributed by atoms with Gasteiger partial charge in [-0.3, -0.25) is 4.79 Å². The van der Waals surface area contributed by atoms with E-state index >= 15 is 0 Å². The lowest BCUT2D eigenvalue weighted by Gasteiger charge is -2.18. The van der Waals surface area contributed by atoms with Crippen LogP contribution in [0, 0.1) is 12.3 Å². The molecule has 1 aromatic heterocycles. The first-order valence-corrected chi connectivity index (χ1v) is 9.88. The van der Waals surface area contributed by atoms with Crippen molar-refractivity contribution in [2.75, 3.05) is 7.05 Å². The third-order valence-electron chi connectivity index (χ3n) is 3.83. The van der Waals surface area contributed by atoms with Gasteiger partial charge in [-0.15, -0.1) is 17.8 Å². The Morgan fingerprint density at radius 2 is 1.84 bits per heavy atom. The van der Waals surface area contributed by atoms with Gasteiger partial charge in [-0.1, -0.05) is 30.2 Å². The number of hydrogen-bond acceptors (Lipinski definition) is 4. The molecule has 1 amide bonds. The zero-order chi connectivity index (χ0) is 18.7. The Kier molecular flexibility index (Phi) is 5.68. The summed E-state index contributed by atoms with van der Waals surface area (Å²) in [5, 5.41) is 2.79. The van der Waals surface area contributed by atoms with Crippen molar-refractivity contribution in [1.29, 1.82) is 0 Å². The molecule has 1 aromatic carbocycles. The van der Waals surface area contributed by atoms with Crippen molar-refractivity contribution in [3.63, 3.8) is 0 Å². The maximum atomic E-state index is 12.2. The van der Waals surface area contributed by atoms with E-state index in [9.17, 15) is 13.2 Å². The van der Waals surface area contributed by atoms with Crippen LogP contribution in [0.15, 0.2) is 40.6 Å². The number of nitrogens with one attached hydrogen (secondary N) is 2. The zero-order valence-corrected chi connectivity index (χ0v) is 15.9. The summed E-state index contributed by atoms with van der Waals surface area (Å²) >= 11 is 0.932. The molecule has 0 unspecified atom stereocenters. The van der Waals surface area contributed by atoms with Gasteiger partial charge in [0.1, 0.15) is 4.21 Å². The monoisotopic (exact) mass is 376 g/mol. The van der Waals surface area contributed by atoms with Crippen LogP contribution in [-0.4, -0.2) is 21.4 Å². The molecule has 5 nitrogen and oxygen atoms in total. The van der Waals surface area contributed by atoms with Crippen LogP contribution in [0.4, 0.5) is 0 Å². The van der Waals surface area contributed by atoms with Crippen LogP contribution >= 0.6 is 11.3 Å². The number of hydrogen-bond donors (Lipinski definition) is 2. The largest absolute Gasteiger partial charge is 0.347 e. The zero-order valence-electron chi connectivity index (χ0n) is 14.3. The van der Waals surface area contributed by atoms with E-state index in [1.807, 2.05) is 38.1 Å². The van der Waals surface area contributed by atoms with Crippen molar-refractivity contribution >= 4 is 27.3 Å². The minimum absolute atomic E-state index is 0.112. The van der Waals surface area contributed by atoms with Crippen LogP contribution in [0.2, 0.25) is 0 Å². The van der Waals surface area contributed by atoms with Gasteiger partial charge < -0.3 is 5.32 Å². The van der Waals surface area contributed by atoms with Gasteiger partial charge in [0.15, 0.2) is 0 Å². The number of thiophene rings is 1. The summed E-state index contributed by atoms with van der Waals surface area (Å²) in [6.45, 7) is 4.29. The van der Waals surface area contributed by atoms with Crippen molar-refractivity contribution in [3.05, 3.63) is 52.4 Å². The predicted molar refractivity (Wildman–Crippen MR) is 100 cm³/mol. The Balaban J connectivity index is 2.02. The van der Waals surface area contributed by atoms with Gasteiger partial charge in [-0.2, -0.15) is 0 Å². The molecule has 0 aliphatic rings. The van der Waals surface area contributed by atoms with Crippen LogP contribution < -0.4 is 10.0 Å². The van der Waals surface area contributed by atoms with E-state index in [0.29, 0.717) is 11.4 Å². The first-order chi connectivity index (χ1) is 11.7. The summed E-state index contributed by atoms with van der Waals surface area (Å²) < 4.78 is 25.8. The standard InChI is InChI=1S/C18H20N2O3S2/c1-5-18(2,3)14-8-6-13(7-9-14)12-20-17(21)15-10-11-16(24-15)25(22,23)19-4/h1,6-11,19H,12H2,2-4H3,(H,20,21). The Hall–Kier alpha value is -2.14. The molecule has 25 heavy (non-hydrogen) atoms. The molecule has 0 bridgehead atoms. The average Bonchev–Trinajstić information content (AvgIpc) is 3.11. The van der Waals surface area contributed by atoms with Gasteiger partial charge in [0.05, 0.1) is 10.3 Å². The maximum absolute atomic E-state index is 12.2. The smallest absolute Gasteiger partial charge is 0.261 e. The minimum Gasteiger partial charge on any atom is -0.347 e. The second kappa shape index (κ2) is 7.40. The fraction of sp³-hybridized carbons (Fsp3) is 0.278. The summed E-state index contributed by atoms with van der Waals surface area (Å²) in [6, 6.07) is 10.7. The van der Waals surface area contributed by atoms with Crippen LogP contribution in [0.5, 0.6) is 0 Å². The highest BCUT2D eigenvalue weighted by Crippen LogP contribution is 2.23. The molecule has 0 atom stereocenters. The van der Waals surface area contributed by atoms with Gasteiger partial charge in [0.2, 0.25) is 10.0 Å². The Morgan fingerprint density at radius 1 is 1.20 bits per heavy atom. The van der Waals surface area contributed by atoms with E-state index in [4.69, 9.17) is 6.42 Å². The quantitative estimate of drug-likeness (QED) is 0.761. The summed E-state index contributed by atoms with van der Waals surface area (Å²) in [4.78, 5) is 12.5. The molecule has 0 saturated carbocycles. The summed E-state index contributed by atoms with van der Waals surface area (Å²) in [5.41, 5.74) is 1.63. The second-order valence-electron chi connectivity index (χ2n) is 5.98. The number of rotatable bonds is 6. The van der Waals surface area contributed by atoms with E-state index in [-0.39, 0.29) is 15.5 Å². The summed E-state index contributed by atoms with van der Waals surface area (Å²) in [6.07, 6.45) is 5.53. The van der Waals surface area contributed by atoms with E-state index in [2.05, 4.69) is 16.0 Å². The third kappa shape index (κ3) is 4.48. The van der Waals surface area contributed by atoms with Crippen LogP contribution in [0.25, 0.3) is 0 Å². The second-order valence-corrected chi connectivity index (χ2v) is 9.17. The minimum atomic E-state index is -3.53. The molecule has 132 valence electrons. The lowest BCUT2D eigenvalue weighted by atomic mass is 9.85. The van der Waals surface area contributed by atoms with Gasteiger partial charge in [0.25, 0.3) is 5.91 Å². The molecule has 0 radical (unpaired) electrons. The Labute approximate surface area is 152 Å². The summed E-state index contributed by atoms with van der Waals surface area (Å²) in [5.74, 6) is 2.44. The Morgan fingerprint density at radius 3 is 2.40 bits per heavy atom. The molecule has 0 saturated heterocycles. The molecule has 0 aliphatic heterocycles. The molecule has 0 aliphatic carbocycles. The Bertz CT molecular complexity index is 905. The first kappa shape index (κ1) is 19.2. The molecule has 2 rings (SSSR count). The first-order valence-electron chi connectivity index (χ1n) is 7.58. The van der Waals surface area contributed by atoms with E-state index in [1.165, 1.54) is 19.2 Å². The van der Waals surface area contributed by atoms with Gasteiger partial charge in [-0.25, -0.2) is 13.1 Å². The number of terminal acetylenes is 1. The van der Waals surface area contributed by atoms with Crippen LogP contribution in [0.1, 0.15) is 34.6 Å². The van der Waals surface area contributed by atoms with E-state index < -0.39 is 10.0 Å². The fourth-order valence-electron chi connectivity index (χ4n) is 2.08. The molecular weight excluding hydrogens is 356 g/mol. The van der Waals surface area contributed by atoms with Crippen LogP contribution in [0.3, 0.4) is 0 Å². The fourth-order valence-corrected chi connectivity index (χ4v) is 4.14. The molecule has 0 fully saturated rings. The van der Waals surface area contributed by atoms with Crippen molar-refractivity contribution < 1.29 is 13.2 Å². The van der Waals surface area contributed by atoms with Crippen molar-refractivity contribution in [1.82, 2.24) is 10.0 Å². The van der Waals surface area contributed by atoms with Gasteiger partial charge >= 0.3 is 0 Å². The molecular formula is C18H20N2O3S2. The number of sulfonamides is 1. The van der Waals surface area contributed by atoms with Crippen molar-refractivity contribution in [3.8, 4) is 12.3 Å². The average molecular weight is 377 g/mol. The molecule has 2 aromatic rings. The topological polar surface area (TPSA) is 75.3 Å². The molecule has 0 spiro atoms. The highest BCUT2D eigenvalue weighted by molar-refractivity contribution is 7.91. The van der Waals surface area contributed by atoms with Crippen LogP contribution in [-0.2, 0) is 22.0 Å². The number of carbonyl (C=O) groups is 1. The highest BCUT2D eigenvalue weighted by Gasteiger charge is 2.18. The lowest BCUT2D eigenvalue weighted by Crippen LogP contribution is -2.22. The maximum Gasteiger partial charge on any atom is 0.261 e. The van der Waals surface area contributed by atoms with E-state index in [0.717, 1.165) is 22.5 Å². The highest BCUT2D eigenvalue weighted by atomic mass is 32.2. The number of amides is 1. The SMILES string of the molecule is C#CC(C)(C)c1ccc(CNC(=O)c2ccc(S(=O)(=O)NC)s2)cc1. The van der Waals surface area contributed by atoms with Gasteiger partial charge in [0, 0.05) is 6.54 Å². The molecule has 1 heterocycles. The summed E-state index contributed by atoms with van der Waals surface area (Å²) in [7, 11) is -2.19. The third-order valence-corrected chi connectivity index (χ3v) is 6.82. The van der Waals surface area contributed by atoms with Crippen molar-refractivity contribution in [2.45, 2.75) is 30.0 Å². The predicted octanol–water partition coefficient (Wildman–Crippen LogP) is 2.50. The number of benzene rings is 1. The molecule has 2 N–H and O–H groups in total.